The van der Waals surface area contributed by atoms with Gasteiger partial charge in [0.1, 0.15) is 29.6 Å². The van der Waals surface area contributed by atoms with Crippen molar-refractivity contribution in [3.8, 4) is 11.3 Å². The van der Waals surface area contributed by atoms with Crippen LogP contribution in [0.3, 0.4) is 0 Å². The first-order valence-electron chi connectivity index (χ1n) is 12.5. The standard InChI is InChI=1S/C26H29F4N7O/c1-15-21-22(34-25(15)38)31-14-32-24(21)36-8-6-16(7-9-36)23-33-20(13-37(23)11-10-35(2)3)17-4-5-19(27)18(12-17)26(28,29)30/h4-5,12-16H,6-11H2,1-3H3,(H,31,32,34,38). The highest BCUT2D eigenvalue weighted by Gasteiger charge is 2.36. The van der Waals surface area contributed by atoms with Gasteiger partial charge in [0, 0.05) is 49.4 Å². The number of carbonyl (C=O) groups excluding carboxylic acids is 1. The zero-order valence-corrected chi connectivity index (χ0v) is 21.4. The van der Waals surface area contributed by atoms with Crippen molar-refractivity contribution in [3.05, 3.63) is 53.5 Å². The van der Waals surface area contributed by atoms with Gasteiger partial charge in [-0.05, 0) is 52.1 Å². The number of imidazole rings is 1. The van der Waals surface area contributed by atoms with Gasteiger partial charge in [-0.1, -0.05) is 0 Å². The molecule has 1 saturated heterocycles. The Morgan fingerprint density at radius 1 is 1.16 bits per heavy atom. The number of anilines is 2. The molecular formula is C26H29F4N7O. The number of benzene rings is 1. The van der Waals surface area contributed by atoms with E-state index in [9.17, 15) is 22.4 Å². The van der Waals surface area contributed by atoms with Gasteiger partial charge in [0.05, 0.1) is 17.2 Å². The van der Waals surface area contributed by atoms with Gasteiger partial charge in [-0.2, -0.15) is 13.2 Å². The second-order valence-electron chi connectivity index (χ2n) is 10.1. The van der Waals surface area contributed by atoms with Gasteiger partial charge in [0.15, 0.2) is 0 Å². The Morgan fingerprint density at radius 3 is 2.58 bits per heavy atom. The first kappa shape index (κ1) is 26.1. The fourth-order valence-corrected chi connectivity index (χ4v) is 5.13. The number of fused-ring (bicyclic) bond motifs is 1. The topological polar surface area (TPSA) is 79.2 Å². The molecule has 2 aromatic heterocycles. The van der Waals surface area contributed by atoms with Gasteiger partial charge >= 0.3 is 6.18 Å². The molecule has 0 aliphatic carbocycles. The molecule has 8 nitrogen and oxygen atoms in total. The van der Waals surface area contributed by atoms with Crippen LogP contribution < -0.4 is 10.2 Å². The average molecular weight is 532 g/mol. The molecule has 12 heteroatoms. The average Bonchev–Trinajstić information content (AvgIpc) is 3.43. The van der Waals surface area contributed by atoms with Crippen molar-refractivity contribution in [2.75, 3.05) is 43.9 Å². The van der Waals surface area contributed by atoms with Crippen LogP contribution in [0, 0.1) is 5.82 Å². The molecule has 1 fully saturated rings. The van der Waals surface area contributed by atoms with Crippen LogP contribution in [0.4, 0.5) is 29.2 Å². The van der Waals surface area contributed by atoms with Crippen molar-refractivity contribution < 1.29 is 22.4 Å². The highest BCUT2D eigenvalue weighted by molar-refractivity contribution is 6.03. The van der Waals surface area contributed by atoms with Crippen LogP contribution in [-0.4, -0.2) is 64.1 Å². The van der Waals surface area contributed by atoms with Crippen molar-refractivity contribution >= 4 is 17.5 Å². The Morgan fingerprint density at radius 2 is 1.89 bits per heavy atom. The van der Waals surface area contributed by atoms with Crippen molar-refractivity contribution in [1.29, 1.82) is 0 Å². The van der Waals surface area contributed by atoms with Gasteiger partial charge in [0.2, 0.25) is 5.91 Å². The third kappa shape index (κ3) is 4.96. The molecule has 1 amide bonds. The summed E-state index contributed by atoms with van der Waals surface area (Å²) in [5, 5.41) is 2.80. The van der Waals surface area contributed by atoms with Gasteiger partial charge < -0.3 is 19.7 Å². The zero-order chi connectivity index (χ0) is 27.2. The summed E-state index contributed by atoms with van der Waals surface area (Å²) in [7, 11) is 3.90. The quantitative estimate of drug-likeness (QED) is 0.472. The van der Waals surface area contributed by atoms with Crippen LogP contribution in [0.25, 0.3) is 11.3 Å². The monoisotopic (exact) mass is 531 g/mol. The van der Waals surface area contributed by atoms with Gasteiger partial charge in [-0.25, -0.2) is 19.3 Å². The zero-order valence-electron chi connectivity index (χ0n) is 21.4. The molecule has 1 atom stereocenters. The first-order valence-corrected chi connectivity index (χ1v) is 12.5. The van der Waals surface area contributed by atoms with Crippen LogP contribution in [-0.2, 0) is 17.5 Å². The van der Waals surface area contributed by atoms with Gasteiger partial charge in [0.25, 0.3) is 0 Å². The van der Waals surface area contributed by atoms with Crippen molar-refractivity contribution in [1.82, 2.24) is 24.4 Å². The van der Waals surface area contributed by atoms with E-state index in [2.05, 4.69) is 20.2 Å². The van der Waals surface area contributed by atoms with Crippen molar-refractivity contribution in [2.45, 2.75) is 44.3 Å². The van der Waals surface area contributed by atoms with Crippen LogP contribution in [0.2, 0.25) is 0 Å². The minimum absolute atomic E-state index is 0.0803. The molecule has 1 aromatic carbocycles. The minimum Gasteiger partial charge on any atom is -0.356 e. The molecule has 3 aromatic rings. The fraction of sp³-hybridized carbons (Fsp3) is 0.462. The Balaban J connectivity index is 1.40. The van der Waals surface area contributed by atoms with E-state index in [0.29, 0.717) is 31.1 Å². The smallest absolute Gasteiger partial charge is 0.356 e. The molecule has 38 heavy (non-hydrogen) atoms. The molecule has 202 valence electrons. The van der Waals surface area contributed by atoms with Crippen LogP contribution in [0.5, 0.6) is 0 Å². The summed E-state index contributed by atoms with van der Waals surface area (Å²) in [6, 6.07) is 3.00. The Bertz CT molecular complexity index is 1350. The molecule has 0 spiro atoms. The van der Waals surface area contributed by atoms with E-state index in [1.54, 1.807) is 6.20 Å². The van der Waals surface area contributed by atoms with Crippen molar-refractivity contribution in [2.24, 2.45) is 0 Å². The Labute approximate surface area is 217 Å². The van der Waals surface area contributed by atoms with Crippen molar-refractivity contribution in [3.63, 3.8) is 0 Å². The number of piperidine rings is 1. The van der Waals surface area contributed by atoms with E-state index in [1.807, 2.05) is 30.5 Å². The lowest BCUT2D eigenvalue weighted by Gasteiger charge is -2.33. The lowest BCUT2D eigenvalue weighted by molar-refractivity contribution is -0.140. The number of rotatable bonds is 6. The SMILES string of the molecule is CC1C(=O)Nc2ncnc(N3CCC(c4nc(-c5ccc(F)c(C(F)(F)F)c5)cn4CCN(C)C)CC3)c21. The number of hydrogen-bond donors (Lipinski definition) is 1. The first-order chi connectivity index (χ1) is 18.0. The second-order valence-corrected chi connectivity index (χ2v) is 10.1. The lowest BCUT2D eigenvalue weighted by Crippen LogP contribution is -2.35. The Hall–Kier alpha value is -3.54. The fourth-order valence-electron chi connectivity index (χ4n) is 5.13. The van der Waals surface area contributed by atoms with Crippen LogP contribution >= 0.6 is 0 Å². The highest BCUT2D eigenvalue weighted by Crippen LogP contribution is 2.39. The number of alkyl halides is 3. The predicted molar refractivity (Wildman–Crippen MR) is 134 cm³/mol. The number of likely N-dealkylation sites (N-methyl/N-ethyl adjacent to an activating group) is 1. The predicted octanol–water partition coefficient (Wildman–Crippen LogP) is 4.50. The molecular weight excluding hydrogens is 502 g/mol. The summed E-state index contributed by atoms with van der Waals surface area (Å²) >= 11 is 0. The largest absolute Gasteiger partial charge is 0.419 e. The normalized spacial score (nSPS) is 18.3. The molecule has 0 saturated carbocycles. The molecule has 0 radical (unpaired) electrons. The molecule has 0 bridgehead atoms. The van der Waals surface area contributed by atoms with Gasteiger partial charge in [-0.3, -0.25) is 4.79 Å². The number of carbonyl (C=O) groups is 1. The molecule has 2 aliphatic rings. The number of hydrogen-bond acceptors (Lipinski definition) is 6. The van der Waals surface area contributed by atoms with E-state index < -0.39 is 17.6 Å². The summed E-state index contributed by atoms with van der Waals surface area (Å²) in [6.07, 6.45) is -0.0675. The number of aromatic nitrogens is 4. The molecule has 4 heterocycles. The maximum Gasteiger partial charge on any atom is 0.419 e. The molecule has 1 N–H and O–H groups in total. The van der Waals surface area contributed by atoms with E-state index in [0.717, 1.165) is 48.7 Å². The Kier molecular flexibility index (Phi) is 6.84. The van der Waals surface area contributed by atoms with E-state index in [4.69, 9.17) is 4.98 Å². The highest BCUT2D eigenvalue weighted by atomic mass is 19.4. The summed E-state index contributed by atoms with van der Waals surface area (Å²) in [6.45, 7) is 4.54. The summed E-state index contributed by atoms with van der Waals surface area (Å²) in [5.74, 6) is 0.459. The number of halogens is 4. The summed E-state index contributed by atoms with van der Waals surface area (Å²) in [4.78, 5) is 29.8. The summed E-state index contributed by atoms with van der Waals surface area (Å²) < 4.78 is 55.9. The number of amides is 1. The summed E-state index contributed by atoms with van der Waals surface area (Å²) in [5.41, 5.74) is 0.122. The molecule has 5 rings (SSSR count). The minimum atomic E-state index is -4.79. The number of nitrogens with one attached hydrogen (secondary N) is 1. The molecule has 1 unspecified atom stereocenters. The maximum absolute atomic E-state index is 13.9. The van der Waals surface area contributed by atoms with E-state index in [1.165, 1.54) is 12.4 Å². The third-order valence-corrected chi connectivity index (χ3v) is 7.25. The maximum atomic E-state index is 13.9. The number of nitrogens with zero attached hydrogens (tertiary/aromatic N) is 6. The molecule has 2 aliphatic heterocycles. The van der Waals surface area contributed by atoms with Crippen LogP contribution in [0.15, 0.2) is 30.7 Å². The van der Waals surface area contributed by atoms with E-state index >= 15 is 0 Å². The third-order valence-electron chi connectivity index (χ3n) is 7.25. The van der Waals surface area contributed by atoms with E-state index in [-0.39, 0.29) is 23.3 Å². The second kappa shape index (κ2) is 9.97. The lowest BCUT2D eigenvalue weighted by atomic mass is 9.95. The van der Waals surface area contributed by atoms with Crippen LogP contribution in [0.1, 0.15) is 48.6 Å². The van der Waals surface area contributed by atoms with Gasteiger partial charge in [-0.15, -0.1) is 0 Å².